The van der Waals surface area contributed by atoms with E-state index in [1.54, 1.807) is 0 Å². The molecule has 0 aliphatic rings. The van der Waals surface area contributed by atoms with Gasteiger partial charge < -0.3 is 11.1 Å². The molecule has 3 nitrogen and oxygen atoms in total. The van der Waals surface area contributed by atoms with Gasteiger partial charge in [0, 0.05) is 11.3 Å². The molecule has 0 fully saturated rings. The fraction of sp³-hybridized carbons (Fsp3) is 0.500. The van der Waals surface area contributed by atoms with Crippen LogP contribution >= 0.6 is 22.9 Å². The van der Waals surface area contributed by atoms with Crippen LogP contribution in [0.3, 0.4) is 0 Å². The van der Waals surface area contributed by atoms with Gasteiger partial charge in [-0.1, -0.05) is 11.6 Å². The maximum absolute atomic E-state index is 11.4. The molecule has 15 heavy (non-hydrogen) atoms. The van der Waals surface area contributed by atoms with Gasteiger partial charge in [-0.2, -0.15) is 0 Å². The van der Waals surface area contributed by atoms with E-state index in [0.717, 1.165) is 15.6 Å². The molecule has 0 radical (unpaired) electrons. The lowest BCUT2D eigenvalue weighted by molar-refractivity contribution is -0.121. The topological polar surface area (TPSA) is 55.1 Å². The van der Waals surface area contributed by atoms with Crippen molar-refractivity contribution in [2.75, 3.05) is 6.54 Å². The Balaban J connectivity index is 2.41. The lowest BCUT2D eigenvalue weighted by Gasteiger charge is -2.11. The maximum Gasteiger partial charge on any atom is 0.220 e. The Labute approximate surface area is 98.6 Å². The van der Waals surface area contributed by atoms with Crippen LogP contribution in [-0.2, 0) is 4.79 Å². The van der Waals surface area contributed by atoms with Crippen LogP contribution in [0.25, 0.3) is 0 Å². The van der Waals surface area contributed by atoms with E-state index in [0.29, 0.717) is 13.0 Å². The van der Waals surface area contributed by atoms with Crippen LogP contribution in [0.15, 0.2) is 12.1 Å². The Bertz CT molecular complexity index is 327. The van der Waals surface area contributed by atoms with E-state index in [1.807, 2.05) is 19.1 Å². The molecule has 1 aromatic rings. The molecular formula is C10H15ClN2OS. The second-order valence-electron chi connectivity index (χ2n) is 3.32. The summed E-state index contributed by atoms with van der Waals surface area (Å²) in [6, 6.07) is 3.79. The zero-order valence-electron chi connectivity index (χ0n) is 8.63. The molecule has 1 atom stereocenters. The van der Waals surface area contributed by atoms with E-state index in [1.165, 1.54) is 11.3 Å². The van der Waals surface area contributed by atoms with E-state index in [9.17, 15) is 4.79 Å². The summed E-state index contributed by atoms with van der Waals surface area (Å²) in [6.45, 7) is 2.50. The average molecular weight is 247 g/mol. The summed E-state index contributed by atoms with van der Waals surface area (Å²) in [5.74, 6) is 0.0393. The van der Waals surface area contributed by atoms with E-state index < -0.39 is 0 Å². The Morgan fingerprint density at radius 1 is 1.67 bits per heavy atom. The van der Waals surface area contributed by atoms with Crippen molar-refractivity contribution < 1.29 is 4.79 Å². The summed E-state index contributed by atoms with van der Waals surface area (Å²) < 4.78 is 0.744. The van der Waals surface area contributed by atoms with Crippen molar-refractivity contribution in [3.8, 4) is 0 Å². The number of hydrogen-bond donors (Lipinski definition) is 2. The van der Waals surface area contributed by atoms with Crippen molar-refractivity contribution in [1.29, 1.82) is 0 Å². The normalized spacial score (nSPS) is 12.5. The predicted octanol–water partition coefficient (Wildman–Crippen LogP) is 2.32. The summed E-state index contributed by atoms with van der Waals surface area (Å²) in [5.41, 5.74) is 5.33. The molecule has 1 rings (SSSR count). The fourth-order valence-corrected chi connectivity index (χ4v) is 2.27. The molecule has 1 aromatic heterocycles. The molecule has 0 aliphatic carbocycles. The highest BCUT2D eigenvalue weighted by Crippen LogP contribution is 2.26. The first-order chi connectivity index (χ1) is 7.13. The number of amides is 1. The highest BCUT2D eigenvalue weighted by Gasteiger charge is 2.10. The Kier molecular flexibility index (Phi) is 5.08. The van der Waals surface area contributed by atoms with Gasteiger partial charge in [-0.05, 0) is 32.0 Å². The maximum atomic E-state index is 11.4. The number of thiophene rings is 1. The van der Waals surface area contributed by atoms with Crippen molar-refractivity contribution in [1.82, 2.24) is 5.32 Å². The smallest absolute Gasteiger partial charge is 0.220 e. The lowest BCUT2D eigenvalue weighted by atomic mass is 10.2. The van der Waals surface area contributed by atoms with Crippen LogP contribution in [0.1, 0.15) is 30.7 Å². The van der Waals surface area contributed by atoms with Gasteiger partial charge in [-0.15, -0.1) is 11.3 Å². The summed E-state index contributed by atoms with van der Waals surface area (Å²) in [7, 11) is 0. The third kappa shape index (κ3) is 4.20. The van der Waals surface area contributed by atoms with Gasteiger partial charge in [0.05, 0.1) is 10.4 Å². The van der Waals surface area contributed by atoms with E-state index in [-0.39, 0.29) is 11.9 Å². The number of nitrogens with one attached hydrogen (secondary N) is 1. The third-order valence-corrected chi connectivity index (χ3v) is 3.42. The van der Waals surface area contributed by atoms with Crippen LogP contribution in [0.4, 0.5) is 0 Å². The minimum absolute atomic E-state index is 0.0211. The summed E-state index contributed by atoms with van der Waals surface area (Å²) in [5, 5.41) is 2.90. The number of nitrogens with two attached hydrogens (primary N) is 1. The van der Waals surface area contributed by atoms with Crippen molar-refractivity contribution >= 4 is 28.8 Å². The van der Waals surface area contributed by atoms with Crippen LogP contribution in [0.5, 0.6) is 0 Å². The van der Waals surface area contributed by atoms with Gasteiger partial charge in [0.2, 0.25) is 5.91 Å². The minimum Gasteiger partial charge on any atom is -0.349 e. The van der Waals surface area contributed by atoms with Gasteiger partial charge >= 0.3 is 0 Å². The van der Waals surface area contributed by atoms with Crippen LogP contribution in [0, 0.1) is 0 Å². The summed E-state index contributed by atoms with van der Waals surface area (Å²) >= 11 is 7.30. The molecule has 3 N–H and O–H groups in total. The number of carbonyl (C=O) groups is 1. The average Bonchev–Trinajstić information content (AvgIpc) is 2.61. The van der Waals surface area contributed by atoms with Gasteiger partial charge in [-0.25, -0.2) is 0 Å². The fourth-order valence-electron chi connectivity index (χ4n) is 1.21. The molecule has 0 saturated heterocycles. The number of hydrogen-bond acceptors (Lipinski definition) is 3. The molecule has 1 amide bonds. The second kappa shape index (κ2) is 6.10. The molecule has 0 bridgehead atoms. The van der Waals surface area contributed by atoms with Crippen molar-refractivity contribution in [2.45, 2.75) is 25.8 Å². The molecule has 1 heterocycles. The van der Waals surface area contributed by atoms with E-state index >= 15 is 0 Å². The quantitative estimate of drug-likeness (QED) is 0.838. The molecule has 0 aromatic carbocycles. The first-order valence-corrected chi connectivity index (χ1v) is 6.07. The molecule has 0 aliphatic heterocycles. The Morgan fingerprint density at radius 3 is 2.93 bits per heavy atom. The largest absolute Gasteiger partial charge is 0.349 e. The highest BCUT2D eigenvalue weighted by molar-refractivity contribution is 7.16. The SMILES string of the molecule is CC(NC(=O)CCCN)c1ccc(Cl)s1. The van der Waals surface area contributed by atoms with Crippen molar-refractivity contribution in [3.63, 3.8) is 0 Å². The zero-order valence-corrected chi connectivity index (χ0v) is 10.2. The molecule has 84 valence electrons. The van der Waals surface area contributed by atoms with Crippen molar-refractivity contribution in [3.05, 3.63) is 21.3 Å². The van der Waals surface area contributed by atoms with Gasteiger partial charge in [-0.3, -0.25) is 4.79 Å². The second-order valence-corrected chi connectivity index (χ2v) is 5.07. The van der Waals surface area contributed by atoms with E-state index in [2.05, 4.69) is 5.32 Å². The van der Waals surface area contributed by atoms with Gasteiger partial charge in [0.15, 0.2) is 0 Å². The first-order valence-electron chi connectivity index (χ1n) is 4.88. The Morgan fingerprint density at radius 2 is 2.40 bits per heavy atom. The van der Waals surface area contributed by atoms with Crippen LogP contribution in [0.2, 0.25) is 4.34 Å². The number of carbonyl (C=O) groups excluding carboxylic acids is 1. The monoisotopic (exact) mass is 246 g/mol. The van der Waals surface area contributed by atoms with E-state index in [4.69, 9.17) is 17.3 Å². The minimum atomic E-state index is 0.0211. The molecule has 0 saturated carbocycles. The third-order valence-electron chi connectivity index (χ3n) is 2.01. The summed E-state index contributed by atoms with van der Waals surface area (Å²) in [6.07, 6.45) is 1.21. The predicted molar refractivity (Wildman–Crippen MR) is 64.2 cm³/mol. The molecule has 0 spiro atoms. The molecule has 1 unspecified atom stereocenters. The standard InChI is InChI=1S/C10H15ClN2OS/c1-7(8-4-5-9(11)15-8)13-10(14)3-2-6-12/h4-5,7H,2-3,6,12H2,1H3,(H,13,14). The number of halogens is 1. The zero-order chi connectivity index (χ0) is 11.3. The lowest BCUT2D eigenvalue weighted by Crippen LogP contribution is -2.26. The summed E-state index contributed by atoms with van der Waals surface area (Å²) in [4.78, 5) is 12.5. The first kappa shape index (κ1) is 12.5. The number of rotatable bonds is 5. The van der Waals surface area contributed by atoms with Crippen molar-refractivity contribution in [2.24, 2.45) is 5.73 Å². The molecule has 5 heteroatoms. The molecular weight excluding hydrogens is 232 g/mol. The van der Waals surface area contributed by atoms with Crippen LogP contribution in [-0.4, -0.2) is 12.5 Å². The Hall–Kier alpha value is -0.580. The highest BCUT2D eigenvalue weighted by atomic mass is 35.5. The van der Waals surface area contributed by atoms with Gasteiger partial charge in [0.25, 0.3) is 0 Å². The van der Waals surface area contributed by atoms with Gasteiger partial charge in [0.1, 0.15) is 0 Å². The van der Waals surface area contributed by atoms with Crippen LogP contribution < -0.4 is 11.1 Å².